The van der Waals surface area contributed by atoms with Crippen molar-refractivity contribution < 1.29 is 4.79 Å². The molecular weight excluding hydrogens is 394 g/mol. The summed E-state index contributed by atoms with van der Waals surface area (Å²) >= 11 is 7.25. The van der Waals surface area contributed by atoms with Gasteiger partial charge >= 0.3 is 0 Å². The Morgan fingerprint density at radius 2 is 2.11 bits per heavy atom. The summed E-state index contributed by atoms with van der Waals surface area (Å²) in [6, 6.07) is 12.9. The second-order valence-electron chi connectivity index (χ2n) is 6.25. The number of thioether (sulfide) groups is 1. The minimum absolute atomic E-state index is 0.126. The number of nitrogens with zero attached hydrogens (tertiary/aromatic N) is 2. The lowest BCUT2D eigenvalue weighted by Gasteiger charge is -2.12. The fraction of sp³-hybridized carbons (Fsp3) is 0.190. The van der Waals surface area contributed by atoms with Gasteiger partial charge in [-0.05, 0) is 36.2 Å². The summed E-state index contributed by atoms with van der Waals surface area (Å²) in [5, 5.41) is 4.36. The van der Waals surface area contributed by atoms with Gasteiger partial charge in [0, 0.05) is 18.1 Å². The van der Waals surface area contributed by atoms with Crippen LogP contribution in [0.3, 0.4) is 0 Å². The number of hydrogen-bond donors (Lipinski definition) is 1. The van der Waals surface area contributed by atoms with Crippen molar-refractivity contribution >= 4 is 40.2 Å². The van der Waals surface area contributed by atoms with Crippen LogP contribution in [0.4, 0.5) is 0 Å². The van der Waals surface area contributed by atoms with E-state index in [0.29, 0.717) is 34.2 Å². The van der Waals surface area contributed by atoms with Crippen molar-refractivity contribution in [2.24, 2.45) is 0 Å². The third kappa shape index (κ3) is 4.64. The molecule has 0 fully saturated rings. The van der Waals surface area contributed by atoms with Gasteiger partial charge in [-0.15, -0.1) is 6.58 Å². The Kier molecular flexibility index (Phi) is 6.54. The van der Waals surface area contributed by atoms with Crippen molar-refractivity contribution in [1.82, 2.24) is 14.9 Å². The second kappa shape index (κ2) is 9.08. The van der Waals surface area contributed by atoms with Crippen molar-refractivity contribution in [3.05, 3.63) is 81.6 Å². The van der Waals surface area contributed by atoms with Crippen LogP contribution < -0.4 is 10.9 Å². The fourth-order valence-electron chi connectivity index (χ4n) is 2.76. The van der Waals surface area contributed by atoms with Gasteiger partial charge in [-0.25, -0.2) is 4.98 Å². The number of carbonyl (C=O) groups excluding carboxylic acids is 1. The summed E-state index contributed by atoms with van der Waals surface area (Å²) in [4.78, 5) is 29.6. The van der Waals surface area contributed by atoms with Crippen molar-refractivity contribution in [2.45, 2.75) is 25.2 Å². The molecule has 0 saturated heterocycles. The van der Waals surface area contributed by atoms with E-state index in [1.54, 1.807) is 24.3 Å². The average molecular weight is 414 g/mol. The Morgan fingerprint density at radius 1 is 1.32 bits per heavy atom. The maximum Gasteiger partial charge on any atom is 0.262 e. The highest BCUT2D eigenvalue weighted by molar-refractivity contribution is 7.99. The molecule has 5 nitrogen and oxygen atoms in total. The van der Waals surface area contributed by atoms with E-state index in [4.69, 9.17) is 11.6 Å². The van der Waals surface area contributed by atoms with E-state index in [-0.39, 0.29) is 17.2 Å². The van der Waals surface area contributed by atoms with E-state index in [2.05, 4.69) is 16.9 Å². The number of amides is 1. The molecule has 144 valence electrons. The Balaban J connectivity index is 1.76. The first-order valence-corrected chi connectivity index (χ1v) is 10.1. The van der Waals surface area contributed by atoms with E-state index < -0.39 is 0 Å². The number of rotatable bonds is 7. The van der Waals surface area contributed by atoms with Crippen LogP contribution in [0, 0.1) is 6.92 Å². The first-order chi connectivity index (χ1) is 13.5. The molecule has 28 heavy (non-hydrogen) atoms. The van der Waals surface area contributed by atoms with Gasteiger partial charge in [-0.2, -0.15) is 0 Å². The number of allylic oxidation sites excluding steroid dienone is 1. The molecule has 0 aliphatic carbocycles. The third-order valence-electron chi connectivity index (χ3n) is 4.26. The molecule has 1 N–H and O–H groups in total. The molecule has 1 amide bonds. The highest BCUT2D eigenvalue weighted by atomic mass is 35.5. The van der Waals surface area contributed by atoms with Crippen molar-refractivity contribution in [2.75, 3.05) is 5.75 Å². The highest BCUT2D eigenvalue weighted by Crippen LogP contribution is 2.20. The van der Waals surface area contributed by atoms with Gasteiger partial charge in [-0.3, -0.25) is 14.2 Å². The molecule has 2 aromatic carbocycles. The number of fused-ring (bicyclic) bond motifs is 1. The first-order valence-electron chi connectivity index (χ1n) is 8.74. The molecule has 0 radical (unpaired) electrons. The molecule has 0 atom stereocenters. The topological polar surface area (TPSA) is 64.0 Å². The molecule has 7 heteroatoms. The zero-order valence-electron chi connectivity index (χ0n) is 15.4. The van der Waals surface area contributed by atoms with E-state index in [1.165, 1.54) is 16.3 Å². The monoisotopic (exact) mass is 413 g/mol. The maximum absolute atomic E-state index is 12.8. The number of carbonyl (C=O) groups is 1. The SMILES string of the molecule is C=CCn1c(SCC(=O)NCc2ccccc2C)nc2cc(Cl)ccc2c1=O. The number of halogens is 1. The zero-order valence-corrected chi connectivity index (χ0v) is 17.0. The molecule has 0 aliphatic rings. The predicted molar refractivity (Wildman–Crippen MR) is 115 cm³/mol. The number of benzene rings is 2. The predicted octanol–water partition coefficient (Wildman–Crippen LogP) is 3.95. The molecule has 0 aliphatic heterocycles. The highest BCUT2D eigenvalue weighted by Gasteiger charge is 2.13. The van der Waals surface area contributed by atoms with Crippen LogP contribution >= 0.6 is 23.4 Å². The summed E-state index contributed by atoms with van der Waals surface area (Å²) < 4.78 is 1.52. The van der Waals surface area contributed by atoms with E-state index in [0.717, 1.165) is 11.1 Å². The molecule has 0 bridgehead atoms. The van der Waals surface area contributed by atoms with E-state index >= 15 is 0 Å². The Labute approximate surface area is 172 Å². The number of aryl methyl sites for hydroxylation is 1. The van der Waals surface area contributed by atoms with Crippen LogP contribution in [0.2, 0.25) is 5.02 Å². The summed E-state index contributed by atoms with van der Waals surface area (Å²) in [6.07, 6.45) is 1.63. The van der Waals surface area contributed by atoms with Gasteiger partial charge in [0.15, 0.2) is 5.16 Å². The first kappa shape index (κ1) is 20.2. The molecule has 3 aromatic rings. The lowest BCUT2D eigenvalue weighted by molar-refractivity contribution is -0.118. The van der Waals surface area contributed by atoms with Crippen LogP contribution in [0.25, 0.3) is 10.9 Å². The molecule has 1 aromatic heterocycles. The molecule has 0 spiro atoms. The Morgan fingerprint density at radius 3 is 2.86 bits per heavy atom. The van der Waals surface area contributed by atoms with Crippen molar-refractivity contribution in [1.29, 1.82) is 0 Å². The maximum atomic E-state index is 12.8. The summed E-state index contributed by atoms with van der Waals surface area (Å²) in [6.45, 7) is 6.49. The van der Waals surface area contributed by atoms with Gasteiger partial charge in [-0.1, -0.05) is 53.7 Å². The van der Waals surface area contributed by atoms with Crippen molar-refractivity contribution in [3.8, 4) is 0 Å². The van der Waals surface area contributed by atoms with Crippen LogP contribution in [0.1, 0.15) is 11.1 Å². The van der Waals surface area contributed by atoms with Crippen molar-refractivity contribution in [3.63, 3.8) is 0 Å². The summed E-state index contributed by atoms with van der Waals surface area (Å²) in [5.41, 5.74) is 2.54. The molecular formula is C21H20ClN3O2S. The van der Waals surface area contributed by atoms with Crippen LogP contribution in [0.15, 0.2) is 65.1 Å². The minimum atomic E-state index is -0.176. The van der Waals surface area contributed by atoms with Crippen LogP contribution in [-0.4, -0.2) is 21.2 Å². The number of aromatic nitrogens is 2. The third-order valence-corrected chi connectivity index (χ3v) is 5.48. The molecule has 3 rings (SSSR count). The zero-order chi connectivity index (χ0) is 20.1. The Hall–Kier alpha value is -2.57. The summed E-state index contributed by atoms with van der Waals surface area (Å²) in [7, 11) is 0. The minimum Gasteiger partial charge on any atom is -0.351 e. The van der Waals surface area contributed by atoms with Gasteiger partial charge < -0.3 is 5.32 Å². The van der Waals surface area contributed by atoms with Gasteiger partial charge in [0.1, 0.15) is 0 Å². The number of nitrogens with one attached hydrogen (secondary N) is 1. The second-order valence-corrected chi connectivity index (χ2v) is 7.63. The lowest BCUT2D eigenvalue weighted by atomic mass is 10.1. The Bertz CT molecular complexity index is 1090. The van der Waals surface area contributed by atoms with Crippen LogP contribution in [0.5, 0.6) is 0 Å². The van der Waals surface area contributed by atoms with Crippen LogP contribution in [-0.2, 0) is 17.9 Å². The van der Waals surface area contributed by atoms with Gasteiger partial charge in [0.25, 0.3) is 5.56 Å². The fourth-order valence-corrected chi connectivity index (χ4v) is 3.76. The largest absolute Gasteiger partial charge is 0.351 e. The van der Waals surface area contributed by atoms with Gasteiger partial charge in [0.2, 0.25) is 5.91 Å². The average Bonchev–Trinajstić information content (AvgIpc) is 2.68. The molecule has 1 heterocycles. The van der Waals surface area contributed by atoms with E-state index in [9.17, 15) is 9.59 Å². The van der Waals surface area contributed by atoms with E-state index in [1.807, 2.05) is 31.2 Å². The standard InChI is InChI=1S/C21H20ClN3O2S/c1-3-10-25-20(27)17-9-8-16(22)11-18(17)24-21(25)28-13-19(26)23-12-15-7-5-4-6-14(15)2/h3-9,11H,1,10,12-13H2,2H3,(H,23,26). The normalized spacial score (nSPS) is 10.8. The van der Waals surface area contributed by atoms with Gasteiger partial charge in [0.05, 0.1) is 16.7 Å². The molecule has 0 saturated carbocycles. The summed E-state index contributed by atoms with van der Waals surface area (Å²) in [5.74, 6) is 0.0282. The lowest BCUT2D eigenvalue weighted by Crippen LogP contribution is -2.26. The number of hydrogen-bond acceptors (Lipinski definition) is 4. The molecule has 0 unspecified atom stereocenters. The quantitative estimate of drug-likeness (QED) is 0.362. The smallest absolute Gasteiger partial charge is 0.262 e.